The SMILES string of the molecule is COc1cc(/C=C/C(=O)N2CCCC(c3nc4ccccc4s3)C2)cc2c1OCCO2. The molecule has 0 spiro atoms. The monoisotopic (exact) mass is 436 g/mol. The number of aromatic nitrogens is 1. The average molecular weight is 437 g/mol. The van der Waals surface area contributed by atoms with Gasteiger partial charge < -0.3 is 19.1 Å². The van der Waals surface area contributed by atoms with Gasteiger partial charge in [0.1, 0.15) is 13.2 Å². The van der Waals surface area contributed by atoms with E-state index in [1.807, 2.05) is 41.3 Å². The maximum atomic E-state index is 12.9. The van der Waals surface area contributed by atoms with Crippen LogP contribution in [0, 0.1) is 0 Å². The summed E-state index contributed by atoms with van der Waals surface area (Å²) in [6, 6.07) is 11.9. The summed E-state index contributed by atoms with van der Waals surface area (Å²) >= 11 is 1.74. The Balaban J connectivity index is 1.30. The van der Waals surface area contributed by atoms with Crippen LogP contribution >= 0.6 is 11.3 Å². The van der Waals surface area contributed by atoms with Crippen LogP contribution in [0.5, 0.6) is 17.2 Å². The highest BCUT2D eigenvalue weighted by Crippen LogP contribution is 2.40. The highest BCUT2D eigenvalue weighted by Gasteiger charge is 2.26. The Labute approximate surface area is 185 Å². The molecular formula is C24H24N2O4S. The molecule has 31 heavy (non-hydrogen) atoms. The third-order valence-corrected chi connectivity index (χ3v) is 6.86. The molecule has 1 amide bonds. The molecule has 2 aromatic carbocycles. The van der Waals surface area contributed by atoms with Crippen LogP contribution in [0.3, 0.4) is 0 Å². The third-order valence-electron chi connectivity index (χ3n) is 5.66. The van der Waals surface area contributed by atoms with Crippen LogP contribution in [-0.4, -0.2) is 49.2 Å². The predicted molar refractivity (Wildman–Crippen MR) is 121 cm³/mol. The van der Waals surface area contributed by atoms with Crippen LogP contribution in [0.25, 0.3) is 16.3 Å². The first-order valence-electron chi connectivity index (χ1n) is 10.5. The number of ether oxygens (including phenoxy) is 3. The quantitative estimate of drug-likeness (QED) is 0.564. The van der Waals surface area contributed by atoms with Crippen molar-refractivity contribution in [1.29, 1.82) is 0 Å². The molecule has 6 nitrogen and oxygen atoms in total. The number of thiazole rings is 1. The van der Waals surface area contributed by atoms with E-state index in [-0.39, 0.29) is 11.8 Å². The molecule has 0 aliphatic carbocycles. The zero-order chi connectivity index (χ0) is 21.2. The number of hydrogen-bond donors (Lipinski definition) is 0. The standard InChI is InChI=1S/C24H24N2O4S/c1-28-19-13-16(14-20-23(19)30-12-11-29-20)8-9-22(27)26-10-4-5-17(15-26)24-25-18-6-2-3-7-21(18)31-24/h2-3,6-9,13-14,17H,4-5,10-12,15H2,1H3/b9-8+. The maximum Gasteiger partial charge on any atom is 0.246 e. The van der Waals surface area contributed by atoms with Gasteiger partial charge in [-0.1, -0.05) is 12.1 Å². The number of hydrogen-bond acceptors (Lipinski definition) is 6. The molecule has 2 aliphatic heterocycles. The maximum absolute atomic E-state index is 12.9. The molecular weight excluding hydrogens is 412 g/mol. The largest absolute Gasteiger partial charge is 0.493 e. The first-order valence-corrected chi connectivity index (χ1v) is 11.3. The van der Waals surface area contributed by atoms with Gasteiger partial charge in [-0.15, -0.1) is 11.3 Å². The summed E-state index contributed by atoms with van der Waals surface area (Å²) in [5, 5.41) is 1.12. The molecule has 160 valence electrons. The number of carbonyl (C=O) groups excluding carboxylic acids is 1. The molecule has 1 atom stereocenters. The molecule has 1 unspecified atom stereocenters. The third kappa shape index (κ3) is 4.10. The van der Waals surface area contributed by atoms with Crippen LogP contribution in [0.15, 0.2) is 42.5 Å². The van der Waals surface area contributed by atoms with E-state index in [9.17, 15) is 4.79 Å². The summed E-state index contributed by atoms with van der Waals surface area (Å²) < 4.78 is 17.9. The van der Waals surface area contributed by atoms with Crippen LogP contribution in [0.4, 0.5) is 0 Å². The van der Waals surface area contributed by atoms with E-state index in [4.69, 9.17) is 19.2 Å². The van der Waals surface area contributed by atoms with E-state index in [2.05, 4.69) is 6.07 Å². The number of rotatable bonds is 4. The first kappa shape index (κ1) is 19.9. The predicted octanol–water partition coefficient (Wildman–Crippen LogP) is 4.50. The van der Waals surface area contributed by atoms with Gasteiger partial charge in [0.25, 0.3) is 0 Å². The zero-order valence-corrected chi connectivity index (χ0v) is 18.2. The Morgan fingerprint density at radius 2 is 2.13 bits per heavy atom. The molecule has 2 aliphatic rings. The van der Waals surface area contributed by atoms with Crippen LogP contribution in [0.2, 0.25) is 0 Å². The summed E-state index contributed by atoms with van der Waals surface area (Å²) in [5.74, 6) is 2.18. The van der Waals surface area contributed by atoms with E-state index in [0.717, 1.165) is 35.5 Å². The van der Waals surface area contributed by atoms with E-state index < -0.39 is 0 Å². The first-order chi connectivity index (χ1) is 15.2. The van der Waals surface area contributed by atoms with E-state index in [0.29, 0.717) is 37.0 Å². The molecule has 1 fully saturated rings. The van der Waals surface area contributed by atoms with Crippen molar-refractivity contribution < 1.29 is 19.0 Å². The van der Waals surface area contributed by atoms with Gasteiger partial charge in [-0.25, -0.2) is 4.98 Å². The normalized spacial score (nSPS) is 18.5. The number of para-hydroxylation sites is 1. The fraction of sp³-hybridized carbons (Fsp3) is 0.333. The summed E-state index contributed by atoms with van der Waals surface area (Å²) in [7, 11) is 1.60. The van der Waals surface area contributed by atoms with Crippen molar-refractivity contribution in [3.63, 3.8) is 0 Å². The summed E-state index contributed by atoms with van der Waals surface area (Å²) in [4.78, 5) is 19.6. The molecule has 3 heterocycles. The van der Waals surface area contributed by atoms with Gasteiger partial charge in [0.05, 0.1) is 22.3 Å². The number of methoxy groups -OCH3 is 1. The molecule has 7 heteroatoms. The van der Waals surface area contributed by atoms with Crippen molar-refractivity contribution in [2.45, 2.75) is 18.8 Å². The summed E-state index contributed by atoms with van der Waals surface area (Å²) in [6.45, 7) is 2.48. The molecule has 5 rings (SSSR count). The minimum Gasteiger partial charge on any atom is -0.493 e. The number of nitrogens with zero attached hydrogens (tertiary/aromatic N) is 2. The van der Waals surface area contributed by atoms with Crippen LogP contribution < -0.4 is 14.2 Å². The van der Waals surface area contributed by atoms with Crippen molar-refractivity contribution in [2.75, 3.05) is 33.4 Å². The van der Waals surface area contributed by atoms with Gasteiger partial charge in [0.2, 0.25) is 11.7 Å². The highest BCUT2D eigenvalue weighted by atomic mass is 32.1. The lowest BCUT2D eigenvalue weighted by molar-refractivity contribution is -0.127. The van der Waals surface area contributed by atoms with Crippen molar-refractivity contribution in [2.24, 2.45) is 0 Å². The fourth-order valence-electron chi connectivity index (χ4n) is 4.11. The van der Waals surface area contributed by atoms with Gasteiger partial charge in [-0.05, 0) is 48.7 Å². The Morgan fingerprint density at radius 3 is 3.00 bits per heavy atom. The molecule has 0 bridgehead atoms. The topological polar surface area (TPSA) is 60.9 Å². The number of amides is 1. The number of piperidine rings is 1. The number of benzene rings is 2. The van der Waals surface area contributed by atoms with Crippen molar-refractivity contribution in [3.8, 4) is 17.2 Å². The van der Waals surface area contributed by atoms with Gasteiger partial charge in [0, 0.05) is 25.1 Å². The summed E-state index contributed by atoms with van der Waals surface area (Å²) in [5.41, 5.74) is 1.88. The van der Waals surface area contributed by atoms with Gasteiger partial charge >= 0.3 is 0 Å². The van der Waals surface area contributed by atoms with E-state index in [1.165, 1.54) is 4.70 Å². The number of fused-ring (bicyclic) bond motifs is 2. The minimum atomic E-state index is 0.0136. The summed E-state index contributed by atoms with van der Waals surface area (Å²) in [6.07, 6.45) is 5.49. The second-order valence-electron chi connectivity index (χ2n) is 7.72. The van der Waals surface area contributed by atoms with Crippen LogP contribution in [-0.2, 0) is 4.79 Å². The lowest BCUT2D eigenvalue weighted by Crippen LogP contribution is -2.38. The van der Waals surface area contributed by atoms with E-state index >= 15 is 0 Å². The second kappa shape index (κ2) is 8.59. The Kier molecular flexibility index (Phi) is 5.51. The molecule has 0 radical (unpaired) electrons. The minimum absolute atomic E-state index is 0.0136. The highest BCUT2D eigenvalue weighted by molar-refractivity contribution is 7.18. The molecule has 1 saturated heterocycles. The number of likely N-dealkylation sites (tertiary alicyclic amines) is 1. The Hall–Kier alpha value is -3.06. The second-order valence-corrected chi connectivity index (χ2v) is 8.79. The lowest BCUT2D eigenvalue weighted by Gasteiger charge is -2.31. The fourth-order valence-corrected chi connectivity index (χ4v) is 5.20. The zero-order valence-electron chi connectivity index (χ0n) is 17.4. The van der Waals surface area contributed by atoms with Crippen molar-refractivity contribution in [3.05, 3.63) is 53.0 Å². The van der Waals surface area contributed by atoms with E-state index in [1.54, 1.807) is 24.5 Å². The van der Waals surface area contributed by atoms with Crippen LogP contribution in [0.1, 0.15) is 29.3 Å². The Morgan fingerprint density at radius 1 is 1.26 bits per heavy atom. The average Bonchev–Trinajstić information content (AvgIpc) is 3.26. The molecule has 3 aromatic rings. The van der Waals surface area contributed by atoms with Gasteiger partial charge in [-0.2, -0.15) is 0 Å². The molecule has 1 aromatic heterocycles. The van der Waals surface area contributed by atoms with Crippen molar-refractivity contribution in [1.82, 2.24) is 9.88 Å². The molecule has 0 saturated carbocycles. The van der Waals surface area contributed by atoms with Gasteiger partial charge in [-0.3, -0.25) is 4.79 Å². The smallest absolute Gasteiger partial charge is 0.246 e. The lowest BCUT2D eigenvalue weighted by atomic mass is 9.98. The molecule has 0 N–H and O–H groups in total. The van der Waals surface area contributed by atoms with Gasteiger partial charge in [0.15, 0.2) is 11.5 Å². The Bertz CT molecular complexity index is 1090. The van der Waals surface area contributed by atoms with Crippen molar-refractivity contribution >= 4 is 33.5 Å². The number of carbonyl (C=O) groups is 1.